The predicted molar refractivity (Wildman–Crippen MR) is 104 cm³/mol. The molecule has 6 nitrogen and oxygen atoms in total. The third-order valence-electron chi connectivity index (χ3n) is 5.28. The highest BCUT2D eigenvalue weighted by molar-refractivity contribution is 5.87. The van der Waals surface area contributed by atoms with E-state index in [1.54, 1.807) is 6.33 Å². The minimum atomic E-state index is 0.486. The number of hydrogen-bond acceptors (Lipinski definition) is 5. The first-order valence-corrected chi connectivity index (χ1v) is 8.98. The molecule has 1 fully saturated rings. The fourth-order valence-electron chi connectivity index (χ4n) is 3.91. The van der Waals surface area contributed by atoms with E-state index in [4.69, 9.17) is 5.73 Å². The number of nitrogens with zero attached hydrogens (tertiary/aromatic N) is 4. The average molecular weight is 344 g/mol. The van der Waals surface area contributed by atoms with E-state index in [1.165, 1.54) is 16.6 Å². The van der Waals surface area contributed by atoms with Gasteiger partial charge < -0.3 is 15.6 Å². The zero-order valence-corrected chi connectivity index (χ0v) is 14.4. The summed E-state index contributed by atoms with van der Waals surface area (Å²) in [5.74, 6) is 2.00. The highest BCUT2D eigenvalue weighted by Crippen LogP contribution is 2.33. The second-order valence-electron chi connectivity index (χ2n) is 6.88. The van der Waals surface area contributed by atoms with Crippen LogP contribution in [-0.2, 0) is 0 Å². The minimum absolute atomic E-state index is 0.486. The number of aromatic nitrogens is 4. The van der Waals surface area contributed by atoms with Crippen LogP contribution in [0.5, 0.6) is 0 Å². The van der Waals surface area contributed by atoms with Gasteiger partial charge in [0, 0.05) is 30.2 Å². The molecule has 4 aromatic rings. The van der Waals surface area contributed by atoms with Crippen molar-refractivity contribution in [1.82, 2.24) is 19.9 Å². The van der Waals surface area contributed by atoms with Crippen molar-refractivity contribution in [1.29, 1.82) is 0 Å². The summed E-state index contributed by atoms with van der Waals surface area (Å²) < 4.78 is 0. The highest BCUT2D eigenvalue weighted by atomic mass is 15.2. The highest BCUT2D eigenvalue weighted by Gasteiger charge is 2.24. The van der Waals surface area contributed by atoms with Gasteiger partial charge in [-0.15, -0.1) is 0 Å². The van der Waals surface area contributed by atoms with Crippen LogP contribution in [0.4, 0.5) is 11.6 Å². The van der Waals surface area contributed by atoms with Crippen molar-refractivity contribution < 1.29 is 0 Å². The van der Waals surface area contributed by atoms with Crippen LogP contribution in [0, 0.1) is 0 Å². The summed E-state index contributed by atoms with van der Waals surface area (Å²) in [6.45, 7) is 1.94. The van der Waals surface area contributed by atoms with E-state index in [2.05, 4.69) is 55.2 Å². The predicted octanol–water partition coefficient (Wildman–Crippen LogP) is 3.47. The molecule has 5 rings (SSSR count). The van der Waals surface area contributed by atoms with Gasteiger partial charge >= 0.3 is 0 Å². The van der Waals surface area contributed by atoms with Crippen molar-refractivity contribution in [2.24, 2.45) is 0 Å². The summed E-state index contributed by atoms with van der Waals surface area (Å²) in [6.07, 6.45) is 3.77. The molecule has 0 unspecified atom stereocenters. The summed E-state index contributed by atoms with van der Waals surface area (Å²) in [4.78, 5) is 19.0. The lowest BCUT2D eigenvalue weighted by Gasteiger charge is -2.32. The number of pyridine rings is 1. The van der Waals surface area contributed by atoms with Gasteiger partial charge in [-0.1, -0.05) is 18.2 Å². The molecule has 1 aliphatic rings. The van der Waals surface area contributed by atoms with Crippen LogP contribution in [-0.4, -0.2) is 33.0 Å². The number of H-pyrrole nitrogens is 1. The molecule has 0 spiro atoms. The van der Waals surface area contributed by atoms with Gasteiger partial charge in [-0.05, 0) is 42.5 Å². The summed E-state index contributed by atoms with van der Waals surface area (Å²) in [5.41, 5.74) is 9.00. The van der Waals surface area contributed by atoms with Crippen molar-refractivity contribution in [3.63, 3.8) is 0 Å². The van der Waals surface area contributed by atoms with Gasteiger partial charge in [0.1, 0.15) is 18.0 Å². The van der Waals surface area contributed by atoms with E-state index in [0.717, 1.165) is 37.1 Å². The Morgan fingerprint density at radius 2 is 1.88 bits per heavy atom. The third-order valence-corrected chi connectivity index (χ3v) is 5.28. The molecule has 3 aromatic heterocycles. The standard InChI is InChI=1S/C20H20N6/c21-18-6-5-15-19(25-18)22-12-23-20(15)26-9-7-13(8-10-26)17-11-14-3-1-2-4-16(14)24-17/h1-6,11-13,24H,7-10H2,(H2,21,22,23,25). The molecular formula is C20H20N6. The number of nitrogens with two attached hydrogens (primary N) is 1. The molecule has 0 amide bonds. The average Bonchev–Trinajstić information content (AvgIpc) is 3.12. The number of nitrogens with one attached hydrogen (secondary N) is 1. The van der Waals surface area contributed by atoms with Crippen molar-refractivity contribution in [3.8, 4) is 0 Å². The maximum absolute atomic E-state index is 5.78. The quantitative estimate of drug-likeness (QED) is 0.582. The van der Waals surface area contributed by atoms with Crippen molar-refractivity contribution >= 4 is 33.6 Å². The summed E-state index contributed by atoms with van der Waals surface area (Å²) in [7, 11) is 0. The van der Waals surface area contributed by atoms with Crippen molar-refractivity contribution in [2.45, 2.75) is 18.8 Å². The number of aromatic amines is 1. The summed E-state index contributed by atoms with van der Waals surface area (Å²) >= 11 is 0. The number of rotatable bonds is 2. The molecule has 0 aliphatic carbocycles. The number of benzene rings is 1. The Bertz CT molecular complexity index is 1050. The van der Waals surface area contributed by atoms with Crippen LogP contribution in [0.25, 0.3) is 21.9 Å². The van der Waals surface area contributed by atoms with E-state index in [1.807, 2.05) is 12.1 Å². The second kappa shape index (κ2) is 5.98. The lowest BCUT2D eigenvalue weighted by atomic mass is 9.93. The van der Waals surface area contributed by atoms with Gasteiger partial charge in [0.05, 0.1) is 5.39 Å². The molecule has 0 radical (unpaired) electrons. The number of piperidine rings is 1. The lowest BCUT2D eigenvalue weighted by Crippen LogP contribution is -2.33. The van der Waals surface area contributed by atoms with Gasteiger partial charge in [-0.25, -0.2) is 15.0 Å². The van der Waals surface area contributed by atoms with Crippen LogP contribution < -0.4 is 10.6 Å². The Hall–Kier alpha value is -3.15. The molecule has 0 saturated carbocycles. The van der Waals surface area contributed by atoms with Crippen LogP contribution in [0.1, 0.15) is 24.5 Å². The van der Waals surface area contributed by atoms with E-state index in [9.17, 15) is 0 Å². The smallest absolute Gasteiger partial charge is 0.166 e. The number of hydrogen-bond donors (Lipinski definition) is 2. The minimum Gasteiger partial charge on any atom is -0.384 e. The molecular weight excluding hydrogens is 324 g/mol. The van der Waals surface area contributed by atoms with E-state index in [0.29, 0.717) is 17.4 Å². The second-order valence-corrected chi connectivity index (χ2v) is 6.88. The molecule has 4 heterocycles. The molecule has 0 bridgehead atoms. The monoisotopic (exact) mass is 344 g/mol. The van der Waals surface area contributed by atoms with Crippen LogP contribution in [0.2, 0.25) is 0 Å². The lowest BCUT2D eigenvalue weighted by molar-refractivity contribution is 0.496. The Morgan fingerprint density at radius 1 is 1.04 bits per heavy atom. The number of para-hydroxylation sites is 1. The van der Waals surface area contributed by atoms with Gasteiger partial charge in [-0.3, -0.25) is 0 Å². The SMILES string of the molecule is Nc1ccc2c(N3CCC(c4cc5ccccc5[nH]4)CC3)ncnc2n1. The topological polar surface area (TPSA) is 83.7 Å². The van der Waals surface area contributed by atoms with Crippen LogP contribution in [0.3, 0.4) is 0 Å². The number of fused-ring (bicyclic) bond motifs is 2. The molecule has 1 aliphatic heterocycles. The zero-order valence-electron chi connectivity index (χ0n) is 14.4. The third kappa shape index (κ3) is 2.54. The first-order chi connectivity index (χ1) is 12.8. The Kier molecular flexibility index (Phi) is 3.48. The molecule has 0 atom stereocenters. The first-order valence-electron chi connectivity index (χ1n) is 8.98. The van der Waals surface area contributed by atoms with Crippen molar-refractivity contribution in [2.75, 3.05) is 23.7 Å². The van der Waals surface area contributed by atoms with E-state index in [-0.39, 0.29) is 0 Å². The van der Waals surface area contributed by atoms with E-state index >= 15 is 0 Å². The maximum atomic E-state index is 5.78. The molecule has 6 heteroatoms. The maximum Gasteiger partial charge on any atom is 0.166 e. The normalized spacial score (nSPS) is 15.8. The Morgan fingerprint density at radius 3 is 2.73 bits per heavy atom. The van der Waals surface area contributed by atoms with Gasteiger partial charge in [-0.2, -0.15) is 0 Å². The molecule has 26 heavy (non-hydrogen) atoms. The Balaban J connectivity index is 1.39. The fourth-order valence-corrected chi connectivity index (χ4v) is 3.91. The summed E-state index contributed by atoms with van der Waals surface area (Å²) in [5, 5.41) is 2.25. The fraction of sp³-hybridized carbons (Fsp3) is 0.250. The molecule has 130 valence electrons. The van der Waals surface area contributed by atoms with Crippen LogP contribution >= 0.6 is 0 Å². The first kappa shape index (κ1) is 15.1. The van der Waals surface area contributed by atoms with Crippen molar-refractivity contribution in [3.05, 3.63) is 54.5 Å². The van der Waals surface area contributed by atoms with Gasteiger partial charge in [0.2, 0.25) is 0 Å². The van der Waals surface area contributed by atoms with Crippen LogP contribution in [0.15, 0.2) is 48.8 Å². The summed E-state index contributed by atoms with van der Waals surface area (Å²) in [6, 6.07) is 14.5. The Labute approximate surface area is 151 Å². The van der Waals surface area contributed by atoms with Gasteiger partial charge in [0.15, 0.2) is 5.65 Å². The van der Waals surface area contributed by atoms with Gasteiger partial charge in [0.25, 0.3) is 0 Å². The molecule has 1 saturated heterocycles. The molecule has 1 aromatic carbocycles. The number of nitrogen functional groups attached to an aromatic ring is 1. The largest absolute Gasteiger partial charge is 0.384 e. The number of anilines is 2. The zero-order chi connectivity index (χ0) is 17.5. The molecule has 3 N–H and O–H groups in total. The van der Waals surface area contributed by atoms with E-state index < -0.39 is 0 Å².